The number of carbonyl (C=O) groups is 4. The summed E-state index contributed by atoms with van der Waals surface area (Å²) >= 11 is 0. The lowest BCUT2D eigenvalue weighted by molar-refractivity contribution is -0.295. The number of aryl methyl sites for hydroxylation is 1. The van der Waals surface area contributed by atoms with Crippen LogP contribution in [0.25, 0.3) is 11.3 Å². The van der Waals surface area contributed by atoms with Crippen molar-refractivity contribution in [1.82, 2.24) is 24.3 Å². The summed E-state index contributed by atoms with van der Waals surface area (Å²) in [5.41, 5.74) is -1.09. The van der Waals surface area contributed by atoms with E-state index in [1.807, 2.05) is 62.7 Å². The Bertz CT molecular complexity index is 1820. The Balaban J connectivity index is 1.48. The van der Waals surface area contributed by atoms with Crippen LogP contribution in [0.4, 0.5) is 4.79 Å². The number of cyclic esters (lactones) is 1. The van der Waals surface area contributed by atoms with Gasteiger partial charge in [-0.3, -0.25) is 24.3 Å². The molecule has 5 rings (SSSR count). The second-order valence-corrected chi connectivity index (χ2v) is 17.5. The maximum atomic E-state index is 14.9. The summed E-state index contributed by atoms with van der Waals surface area (Å²) < 4.78 is 33.5. The van der Waals surface area contributed by atoms with Gasteiger partial charge in [-0.15, -0.1) is 0 Å². The number of hydrogen-bond acceptors (Lipinski definition) is 13. The Morgan fingerprint density at radius 1 is 1.05 bits per heavy atom. The molecule has 0 aromatic carbocycles. The highest BCUT2D eigenvalue weighted by atomic mass is 16.7. The van der Waals surface area contributed by atoms with E-state index in [-0.39, 0.29) is 37.3 Å². The Morgan fingerprint density at radius 2 is 1.77 bits per heavy atom. The largest absolute Gasteiger partial charge is 0.457 e. The normalized spacial score (nSPS) is 36.0. The van der Waals surface area contributed by atoms with E-state index in [0.717, 1.165) is 11.3 Å². The summed E-state index contributed by atoms with van der Waals surface area (Å²) in [4.78, 5) is 69.8. The second kappa shape index (κ2) is 19.8. The fourth-order valence-electron chi connectivity index (χ4n) is 9.61. The highest BCUT2D eigenvalue weighted by Gasteiger charge is 2.61. The van der Waals surface area contributed by atoms with Crippen LogP contribution < -0.4 is 0 Å². The number of amides is 1. The van der Waals surface area contributed by atoms with Crippen LogP contribution in [0.1, 0.15) is 87.5 Å². The van der Waals surface area contributed by atoms with E-state index in [9.17, 15) is 24.3 Å². The van der Waals surface area contributed by atoms with Crippen LogP contribution in [-0.2, 0) is 44.6 Å². The SMILES string of the molecule is C/C=C/[C@]12OC(=O)N(CCCCn3cnc(-c4cccnc4)c3)[C@@H]1[C@@H](C)C(=O)[C@H](C)C[C@](C)(OC)[C@H](OC1O[C@H](C)C[C@H](N(C)C)[C@H]1O)[C@@H](C)C(=O)[C@@H](C)C(=O)O[C@@H]2CC. The zero-order valence-corrected chi connectivity index (χ0v) is 37.3. The Labute approximate surface area is 355 Å². The fraction of sp³-hybridized carbons (Fsp3) is 0.689. The molecule has 15 nitrogen and oxygen atoms in total. The van der Waals surface area contributed by atoms with E-state index >= 15 is 0 Å². The van der Waals surface area contributed by atoms with Crippen molar-refractivity contribution in [2.24, 2.45) is 23.7 Å². The topological polar surface area (TPSA) is 172 Å². The standard InChI is InChI=1S/C45H67N5O10/c1-12-18-45-35(13-2)58-41(54)31(7)37(52)30(6)40(59-42-38(53)34(48(9)10)22-28(4)57-42)44(8,56-11)23-27(3)36(51)29(5)39(45)50(43(55)60-45)21-15-14-20-49-25-33(47-26-49)32-17-16-19-46-24-32/h12,16-19,24-31,34-35,38-40,42,53H,13-15,20-23H2,1-11H3/b18-12+/t27-,28-,29+,30+,31-,34+,35-,38-,39-,40-,42?,44+,45-/m1/s1. The molecule has 332 valence electrons. The van der Waals surface area contributed by atoms with Gasteiger partial charge in [0.25, 0.3) is 0 Å². The van der Waals surface area contributed by atoms with Crippen molar-refractivity contribution in [1.29, 1.82) is 0 Å². The molecule has 2 aromatic heterocycles. The number of aromatic nitrogens is 3. The number of nitrogens with zero attached hydrogens (tertiary/aromatic N) is 5. The van der Waals surface area contributed by atoms with Crippen LogP contribution in [0.3, 0.4) is 0 Å². The van der Waals surface area contributed by atoms with Gasteiger partial charge < -0.3 is 38.3 Å². The monoisotopic (exact) mass is 837 g/mol. The van der Waals surface area contributed by atoms with Gasteiger partial charge in [0.1, 0.15) is 23.9 Å². The number of likely N-dealkylation sites (N-methyl/N-ethyl adjacent to an activating group) is 1. The average Bonchev–Trinajstić information content (AvgIpc) is 3.81. The van der Waals surface area contributed by atoms with E-state index in [2.05, 4.69) is 9.97 Å². The number of ketones is 2. The lowest BCUT2D eigenvalue weighted by Crippen LogP contribution is -2.60. The molecule has 3 fully saturated rings. The van der Waals surface area contributed by atoms with Crippen molar-refractivity contribution in [2.75, 3.05) is 27.7 Å². The van der Waals surface area contributed by atoms with Crippen molar-refractivity contribution >= 4 is 23.6 Å². The first-order valence-corrected chi connectivity index (χ1v) is 21.5. The number of ether oxygens (including phenoxy) is 5. The van der Waals surface area contributed by atoms with Crippen LogP contribution in [0.5, 0.6) is 0 Å². The number of allylic oxidation sites excluding steroid dienone is 1. The molecular weight excluding hydrogens is 771 g/mol. The maximum Gasteiger partial charge on any atom is 0.411 e. The highest BCUT2D eigenvalue weighted by molar-refractivity contribution is 6.00. The van der Waals surface area contributed by atoms with Crippen molar-refractivity contribution in [3.05, 3.63) is 49.2 Å². The highest BCUT2D eigenvalue weighted by Crippen LogP contribution is 2.44. The summed E-state index contributed by atoms with van der Waals surface area (Å²) in [7, 11) is 5.24. The number of methoxy groups -OCH3 is 1. The number of pyridine rings is 1. The third-order valence-corrected chi connectivity index (χ3v) is 12.9. The molecule has 0 bridgehead atoms. The molecular formula is C45H67N5O10. The van der Waals surface area contributed by atoms with Gasteiger partial charge in [-0.1, -0.05) is 33.8 Å². The van der Waals surface area contributed by atoms with Gasteiger partial charge in [-0.25, -0.2) is 9.78 Å². The average molecular weight is 838 g/mol. The third-order valence-electron chi connectivity index (χ3n) is 12.9. The Hall–Kier alpha value is -4.02. The molecule has 5 heterocycles. The third kappa shape index (κ3) is 9.70. The van der Waals surface area contributed by atoms with Crippen molar-refractivity contribution in [3.8, 4) is 11.3 Å². The summed E-state index contributed by atoms with van der Waals surface area (Å²) in [6, 6.07) is 2.67. The zero-order valence-electron chi connectivity index (χ0n) is 37.3. The molecule has 0 aliphatic carbocycles. The van der Waals surface area contributed by atoms with Gasteiger partial charge in [-0.05, 0) is 92.1 Å². The summed E-state index contributed by atoms with van der Waals surface area (Å²) in [6.45, 7) is 15.0. The Kier molecular flexibility index (Phi) is 15.5. The number of unbranched alkanes of at least 4 members (excludes halogenated alkanes) is 1. The van der Waals surface area contributed by atoms with E-state index < -0.39 is 83.4 Å². The number of imidazole rings is 1. The number of Topliss-reactive ketones (excluding diaryl/α,β-unsaturated/α-hetero) is 2. The number of aliphatic hydroxyl groups is 1. The number of aliphatic hydroxyl groups excluding tert-OH is 1. The smallest absolute Gasteiger partial charge is 0.411 e. The summed E-state index contributed by atoms with van der Waals surface area (Å²) in [5.74, 6) is -5.10. The molecule has 2 aromatic rings. The summed E-state index contributed by atoms with van der Waals surface area (Å²) in [5, 5.41) is 11.5. The predicted molar refractivity (Wildman–Crippen MR) is 223 cm³/mol. The molecule has 1 amide bonds. The summed E-state index contributed by atoms with van der Waals surface area (Å²) in [6.07, 6.45) is 7.71. The maximum absolute atomic E-state index is 14.9. The lowest BCUT2D eigenvalue weighted by Gasteiger charge is -2.47. The first-order valence-electron chi connectivity index (χ1n) is 21.5. The second-order valence-electron chi connectivity index (χ2n) is 17.5. The van der Waals surface area contributed by atoms with E-state index in [0.29, 0.717) is 25.8 Å². The first-order chi connectivity index (χ1) is 28.4. The molecule has 0 radical (unpaired) electrons. The molecule has 0 spiro atoms. The van der Waals surface area contributed by atoms with Gasteiger partial charge in [0.2, 0.25) is 0 Å². The number of carbonyl (C=O) groups excluding carboxylic acids is 4. The molecule has 3 saturated heterocycles. The molecule has 15 heteroatoms. The van der Waals surface area contributed by atoms with Crippen LogP contribution in [0.2, 0.25) is 0 Å². The number of hydrogen-bond donors (Lipinski definition) is 1. The molecule has 3 aliphatic heterocycles. The van der Waals surface area contributed by atoms with E-state index in [4.69, 9.17) is 23.7 Å². The zero-order chi connectivity index (χ0) is 44.1. The first kappa shape index (κ1) is 47.0. The number of esters is 1. The molecule has 1 unspecified atom stereocenters. The molecule has 1 N–H and O–H groups in total. The minimum atomic E-state index is -1.53. The molecule has 60 heavy (non-hydrogen) atoms. The van der Waals surface area contributed by atoms with Crippen molar-refractivity contribution in [3.63, 3.8) is 0 Å². The van der Waals surface area contributed by atoms with Gasteiger partial charge >= 0.3 is 12.1 Å². The van der Waals surface area contributed by atoms with Crippen LogP contribution in [-0.4, -0.2) is 135 Å². The van der Waals surface area contributed by atoms with Crippen molar-refractivity contribution in [2.45, 2.75) is 148 Å². The van der Waals surface area contributed by atoms with Gasteiger partial charge in [-0.2, -0.15) is 0 Å². The Morgan fingerprint density at radius 3 is 2.40 bits per heavy atom. The van der Waals surface area contributed by atoms with Crippen molar-refractivity contribution < 1.29 is 48.0 Å². The van der Waals surface area contributed by atoms with Crippen LogP contribution in [0.15, 0.2) is 49.2 Å². The van der Waals surface area contributed by atoms with E-state index in [1.54, 1.807) is 63.5 Å². The van der Waals surface area contributed by atoms with Gasteiger partial charge in [0, 0.05) is 68.1 Å². The minimum absolute atomic E-state index is 0.116. The van der Waals surface area contributed by atoms with E-state index in [1.165, 1.54) is 14.0 Å². The quantitative estimate of drug-likeness (QED) is 0.123. The minimum Gasteiger partial charge on any atom is -0.457 e. The molecule has 3 aliphatic rings. The predicted octanol–water partition coefficient (Wildman–Crippen LogP) is 5.49. The molecule has 0 saturated carbocycles. The number of fused-ring (bicyclic) bond motifs is 1. The van der Waals surface area contributed by atoms with Crippen LogP contribution in [0, 0.1) is 23.7 Å². The lowest BCUT2D eigenvalue weighted by atomic mass is 9.72. The molecule has 13 atom stereocenters. The fourth-order valence-corrected chi connectivity index (χ4v) is 9.61. The van der Waals surface area contributed by atoms with Gasteiger partial charge in [0.05, 0.1) is 35.9 Å². The van der Waals surface area contributed by atoms with Gasteiger partial charge in [0.15, 0.2) is 17.7 Å². The number of rotatable bonds is 12. The van der Waals surface area contributed by atoms with Crippen LogP contribution >= 0.6 is 0 Å².